The largest absolute Gasteiger partial charge is 0.483 e. The topological polar surface area (TPSA) is 76.7 Å². The minimum absolute atomic E-state index is 0.101. The molecule has 0 unspecified atom stereocenters. The lowest BCUT2D eigenvalue weighted by atomic mass is 10.1. The van der Waals surface area contributed by atoms with Crippen molar-refractivity contribution < 1.29 is 9.53 Å². The van der Waals surface area contributed by atoms with Crippen molar-refractivity contribution in [3.8, 4) is 5.75 Å². The van der Waals surface area contributed by atoms with Gasteiger partial charge in [-0.3, -0.25) is 4.79 Å². The second-order valence-corrected chi connectivity index (χ2v) is 5.97. The normalized spacial score (nSPS) is 11.2. The van der Waals surface area contributed by atoms with Crippen LogP contribution in [0.5, 0.6) is 5.75 Å². The van der Waals surface area contributed by atoms with Crippen LogP contribution in [0.25, 0.3) is 0 Å². The van der Waals surface area contributed by atoms with E-state index in [1.807, 2.05) is 37.3 Å². The standard InChI is InChI=1S/C17H18BrN3O2/c1-11-8-14(18)6-7-16(11)23-10-17(22)21-20-12(2)13-4-3-5-15(19)9-13/h3-9H,10,19H2,1-2H3,(H,21,22). The molecule has 120 valence electrons. The first-order chi connectivity index (χ1) is 11.0. The molecule has 0 fully saturated rings. The van der Waals surface area contributed by atoms with E-state index >= 15 is 0 Å². The van der Waals surface area contributed by atoms with Crippen LogP contribution in [0.1, 0.15) is 18.1 Å². The van der Waals surface area contributed by atoms with Crippen LogP contribution in [0.4, 0.5) is 5.69 Å². The Morgan fingerprint density at radius 1 is 1.30 bits per heavy atom. The Balaban J connectivity index is 1.90. The molecule has 6 heteroatoms. The number of halogens is 1. The number of nitrogens with one attached hydrogen (secondary N) is 1. The zero-order chi connectivity index (χ0) is 16.8. The average molecular weight is 376 g/mol. The van der Waals surface area contributed by atoms with E-state index in [0.29, 0.717) is 17.1 Å². The molecule has 5 nitrogen and oxygen atoms in total. The number of rotatable bonds is 5. The second-order valence-electron chi connectivity index (χ2n) is 5.06. The summed E-state index contributed by atoms with van der Waals surface area (Å²) >= 11 is 3.38. The van der Waals surface area contributed by atoms with Crippen molar-refractivity contribution in [1.82, 2.24) is 5.43 Å². The van der Waals surface area contributed by atoms with Crippen LogP contribution in [0.15, 0.2) is 52.0 Å². The van der Waals surface area contributed by atoms with Gasteiger partial charge in [0.1, 0.15) is 5.75 Å². The summed E-state index contributed by atoms with van der Waals surface area (Å²) in [6.45, 7) is 3.62. The van der Waals surface area contributed by atoms with Gasteiger partial charge >= 0.3 is 0 Å². The predicted octanol–water partition coefficient (Wildman–Crippen LogP) is 3.26. The number of amides is 1. The van der Waals surface area contributed by atoms with Crippen molar-refractivity contribution in [1.29, 1.82) is 0 Å². The Morgan fingerprint density at radius 2 is 2.09 bits per heavy atom. The summed E-state index contributed by atoms with van der Waals surface area (Å²) in [6, 6.07) is 12.9. The van der Waals surface area contributed by atoms with E-state index in [0.717, 1.165) is 15.6 Å². The number of aryl methyl sites for hydroxylation is 1. The zero-order valence-electron chi connectivity index (χ0n) is 13.0. The molecule has 0 aliphatic heterocycles. The van der Waals surface area contributed by atoms with Crippen molar-refractivity contribution in [2.24, 2.45) is 5.10 Å². The SMILES string of the molecule is CC(=NNC(=O)COc1ccc(Br)cc1C)c1cccc(N)c1. The summed E-state index contributed by atoms with van der Waals surface area (Å²) in [4.78, 5) is 11.8. The fourth-order valence-electron chi connectivity index (χ4n) is 1.92. The number of hydrogen-bond donors (Lipinski definition) is 2. The molecule has 0 aromatic heterocycles. The Bertz CT molecular complexity index is 744. The third-order valence-electron chi connectivity index (χ3n) is 3.15. The molecule has 0 aliphatic carbocycles. The number of carbonyl (C=O) groups excluding carboxylic acids is 1. The van der Waals surface area contributed by atoms with E-state index in [1.165, 1.54) is 0 Å². The molecular formula is C17H18BrN3O2. The van der Waals surface area contributed by atoms with Gasteiger partial charge in [-0.15, -0.1) is 0 Å². The lowest BCUT2D eigenvalue weighted by Crippen LogP contribution is -2.25. The Hall–Kier alpha value is -2.34. The van der Waals surface area contributed by atoms with Crippen LogP contribution in [0.3, 0.4) is 0 Å². The summed E-state index contributed by atoms with van der Waals surface area (Å²) in [6.07, 6.45) is 0. The second kappa shape index (κ2) is 7.78. The molecule has 3 N–H and O–H groups in total. The van der Waals surface area contributed by atoms with E-state index < -0.39 is 0 Å². The van der Waals surface area contributed by atoms with Crippen molar-refractivity contribution in [2.45, 2.75) is 13.8 Å². The Kier molecular flexibility index (Phi) is 5.76. The van der Waals surface area contributed by atoms with Crippen molar-refractivity contribution in [3.05, 3.63) is 58.1 Å². The van der Waals surface area contributed by atoms with Crippen LogP contribution in [0.2, 0.25) is 0 Å². The molecule has 23 heavy (non-hydrogen) atoms. The van der Waals surface area contributed by atoms with Gasteiger partial charge in [0.05, 0.1) is 5.71 Å². The number of nitrogens with two attached hydrogens (primary N) is 1. The number of ether oxygens (including phenoxy) is 1. The molecule has 0 radical (unpaired) electrons. The summed E-state index contributed by atoms with van der Waals surface area (Å²) in [5, 5.41) is 4.06. The quantitative estimate of drug-likeness (QED) is 0.478. The molecule has 0 bridgehead atoms. The number of benzene rings is 2. The van der Waals surface area contributed by atoms with E-state index in [2.05, 4.69) is 26.5 Å². The molecule has 0 spiro atoms. The predicted molar refractivity (Wildman–Crippen MR) is 95.6 cm³/mol. The Morgan fingerprint density at radius 3 is 2.78 bits per heavy atom. The highest BCUT2D eigenvalue weighted by Gasteiger charge is 2.05. The highest BCUT2D eigenvalue weighted by Crippen LogP contribution is 2.21. The van der Waals surface area contributed by atoms with Gasteiger partial charge in [0.25, 0.3) is 5.91 Å². The van der Waals surface area contributed by atoms with Crippen molar-refractivity contribution >= 4 is 33.2 Å². The highest BCUT2D eigenvalue weighted by molar-refractivity contribution is 9.10. The van der Waals surface area contributed by atoms with Crippen LogP contribution in [0, 0.1) is 6.92 Å². The van der Waals surface area contributed by atoms with Gasteiger partial charge in [-0.2, -0.15) is 5.10 Å². The van der Waals surface area contributed by atoms with Crippen molar-refractivity contribution in [3.63, 3.8) is 0 Å². The fraction of sp³-hybridized carbons (Fsp3) is 0.176. The number of anilines is 1. The summed E-state index contributed by atoms with van der Waals surface area (Å²) in [5.41, 5.74) is 11.3. The molecular weight excluding hydrogens is 358 g/mol. The first kappa shape index (κ1) is 17.0. The van der Waals surface area contributed by atoms with E-state index in [9.17, 15) is 4.79 Å². The molecule has 2 aromatic rings. The van der Waals surface area contributed by atoms with Crippen LogP contribution >= 0.6 is 15.9 Å². The maximum absolute atomic E-state index is 11.8. The van der Waals surface area contributed by atoms with Crippen molar-refractivity contribution in [2.75, 3.05) is 12.3 Å². The number of carbonyl (C=O) groups is 1. The first-order valence-electron chi connectivity index (χ1n) is 7.03. The number of nitrogen functional groups attached to an aromatic ring is 1. The number of hydrazone groups is 1. The van der Waals surface area contributed by atoms with Gasteiger partial charge in [-0.05, 0) is 55.3 Å². The van der Waals surface area contributed by atoms with E-state index in [1.54, 1.807) is 19.1 Å². The van der Waals surface area contributed by atoms with Crippen LogP contribution < -0.4 is 15.9 Å². The minimum Gasteiger partial charge on any atom is -0.483 e. The first-order valence-corrected chi connectivity index (χ1v) is 7.83. The van der Waals surface area contributed by atoms with E-state index in [4.69, 9.17) is 10.5 Å². The molecule has 0 saturated heterocycles. The molecule has 0 atom stereocenters. The third kappa shape index (κ3) is 5.10. The zero-order valence-corrected chi connectivity index (χ0v) is 14.6. The van der Waals surface area contributed by atoms with Gasteiger partial charge in [-0.1, -0.05) is 28.1 Å². The third-order valence-corrected chi connectivity index (χ3v) is 3.64. The average Bonchev–Trinajstić information content (AvgIpc) is 2.51. The Labute approximate surface area is 143 Å². The summed E-state index contributed by atoms with van der Waals surface area (Å²) in [5.74, 6) is 0.343. The number of hydrogen-bond acceptors (Lipinski definition) is 4. The lowest BCUT2D eigenvalue weighted by molar-refractivity contribution is -0.123. The number of nitrogens with zero attached hydrogens (tertiary/aromatic N) is 1. The molecule has 0 aliphatic rings. The van der Waals surface area contributed by atoms with Gasteiger partial charge in [0.2, 0.25) is 0 Å². The minimum atomic E-state index is -0.324. The van der Waals surface area contributed by atoms with Crippen LogP contribution in [-0.4, -0.2) is 18.2 Å². The molecule has 0 saturated carbocycles. The maximum atomic E-state index is 11.8. The summed E-state index contributed by atoms with van der Waals surface area (Å²) in [7, 11) is 0. The lowest BCUT2D eigenvalue weighted by Gasteiger charge is -2.08. The molecule has 0 heterocycles. The fourth-order valence-corrected chi connectivity index (χ4v) is 2.40. The maximum Gasteiger partial charge on any atom is 0.277 e. The van der Waals surface area contributed by atoms with Gasteiger partial charge in [-0.25, -0.2) is 5.43 Å². The molecule has 2 aromatic carbocycles. The molecule has 1 amide bonds. The monoisotopic (exact) mass is 375 g/mol. The van der Waals surface area contributed by atoms with Gasteiger partial charge in [0.15, 0.2) is 6.61 Å². The van der Waals surface area contributed by atoms with Gasteiger partial charge in [0, 0.05) is 10.2 Å². The summed E-state index contributed by atoms with van der Waals surface area (Å²) < 4.78 is 6.46. The highest BCUT2D eigenvalue weighted by atomic mass is 79.9. The van der Waals surface area contributed by atoms with E-state index in [-0.39, 0.29) is 12.5 Å². The molecule has 2 rings (SSSR count). The van der Waals surface area contributed by atoms with Crippen LogP contribution in [-0.2, 0) is 4.79 Å². The van der Waals surface area contributed by atoms with Gasteiger partial charge < -0.3 is 10.5 Å². The smallest absolute Gasteiger partial charge is 0.277 e.